The summed E-state index contributed by atoms with van der Waals surface area (Å²) in [6, 6.07) is 6.08. The summed E-state index contributed by atoms with van der Waals surface area (Å²) in [5.41, 5.74) is 8.69. The van der Waals surface area contributed by atoms with Crippen molar-refractivity contribution >= 4 is 11.5 Å². The summed E-state index contributed by atoms with van der Waals surface area (Å²) in [7, 11) is 0. The van der Waals surface area contributed by atoms with Gasteiger partial charge in [0.25, 0.3) is 0 Å². The lowest BCUT2D eigenvalue weighted by Crippen LogP contribution is -2.29. The molecule has 0 spiro atoms. The second-order valence-electron chi connectivity index (χ2n) is 4.53. The number of rotatable bonds is 2. The summed E-state index contributed by atoms with van der Waals surface area (Å²) >= 11 is 0. The highest BCUT2D eigenvalue weighted by Crippen LogP contribution is 2.22. The third-order valence-corrected chi connectivity index (χ3v) is 3.31. The lowest BCUT2D eigenvalue weighted by atomic mass is 10.0. The molecule has 17 heavy (non-hydrogen) atoms. The van der Waals surface area contributed by atoms with Crippen LogP contribution in [0.4, 0.5) is 5.69 Å². The van der Waals surface area contributed by atoms with Crippen molar-refractivity contribution in [3.8, 4) is 0 Å². The van der Waals surface area contributed by atoms with Crippen LogP contribution in [0.15, 0.2) is 23.4 Å². The maximum Gasteiger partial charge on any atom is 0.170 e. The molecule has 0 aromatic heterocycles. The van der Waals surface area contributed by atoms with Gasteiger partial charge in [0.2, 0.25) is 0 Å². The number of nitrogens with zero attached hydrogens (tertiary/aromatic N) is 2. The van der Waals surface area contributed by atoms with Crippen molar-refractivity contribution < 1.29 is 5.21 Å². The minimum Gasteiger partial charge on any atom is -0.409 e. The number of aryl methyl sites for hydroxylation is 1. The maximum absolute atomic E-state index is 8.68. The van der Waals surface area contributed by atoms with Crippen molar-refractivity contribution in [2.75, 3.05) is 18.0 Å². The smallest absolute Gasteiger partial charge is 0.170 e. The van der Waals surface area contributed by atoms with E-state index in [0.29, 0.717) is 0 Å². The molecule has 4 heteroatoms. The van der Waals surface area contributed by atoms with Crippen molar-refractivity contribution in [3.05, 3.63) is 29.3 Å². The molecule has 1 aromatic carbocycles. The van der Waals surface area contributed by atoms with Crippen LogP contribution in [0.3, 0.4) is 0 Å². The van der Waals surface area contributed by atoms with Gasteiger partial charge in [-0.3, -0.25) is 0 Å². The predicted molar refractivity (Wildman–Crippen MR) is 69.8 cm³/mol. The zero-order chi connectivity index (χ0) is 12.3. The van der Waals surface area contributed by atoms with E-state index >= 15 is 0 Å². The molecule has 92 valence electrons. The molecule has 1 saturated heterocycles. The Bertz CT molecular complexity index is 423. The predicted octanol–water partition coefficient (Wildman–Crippen LogP) is 2.08. The van der Waals surface area contributed by atoms with Crippen LogP contribution in [0.25, 0.3) is 0 Å². The van der Waals surface area contributed by atoms with Crippen LogP contribution in [-0.4, -0.2) is 24.1 Å². The fourth-order valence-electron chi connectivity index (χ4n) is 2.34. The Morgan fingerprint density at radius 1 is 1.29 bits per heavy atom. The molecular formula is C13H19N3O. The Labute approximate surface area is 102 Å². The summed E-state index contributed by atoms with van der Waals surface area (Å²) in [6.07, 6.45) is 3.86. The lowest BCUT2D eigenvalue weighted by Gasteiger charge is -2.29. The molecule has 1 aliphatic rings. The fourth-order valence-corrected chi connectivity index (χ4v) is 2.34. The van der Waals surface area contributed by atoms with Crippen LogP contribution in [-0.2, 0) is 0 Å². The molecular weight excluding hydrogens is 214 g/mol. The molecule has 0 atom stereocenters. The first kappa shape index (κ1) is 11.8. The Hall–Kier alpha value is -1.71. The highest BCUT2D eigenvalue weighted by atomic mass is 16.4. The summed E-state index contributed by atoms with van der Waals surface area (Å²) in [5, 5.41) is 11.7. The molecule has 1 aromatic rings. The highest BCUT2D eigenvalue weighted by Gasteiger charge is 2.12. The van der Waals surface area contributed by atoms with Crippen molar-refractivity contribution in [1.29, 1.82) is 0 Å². The average molecular weight is 233 g/mol. The van der Waals surface area contributed by atoms with Crippen LogP contribution >= 0.6 is 0 Å². The van der Waals surface area contributed by atoms with E-state index in [1.807, 2.05) is 19.1 Å². The normalized spacial score (nSPS) is 17.2. The molecule has 0 saturated carbocycles. The van der Waals surface area contributed by atoms with Gasteiger partial charge in [0.1, 0.15) is 0 Å². The van der Waals surface area contributed by atoms with E-state index in [-0.39, 0.29) is 5.84 Å². The highest BCUT2D eigenvalue weighted by molar-refractivity contribution is 5.98. The summed E-state index contributed by atoms with van der Waals surface area (Å²) in [4.78, 5) is 2.40. The molecule has 2 rings (SSSR count). The molecule has 1 aliphatic heterocycles. The summed E-state index contributed by atoms with van der Waals surface area (Å²) < 4.78 is 0. The topological polar surface area (TPSA) is 61.8 Å². The van der Waals surface area contributed by atoms with Gasteiger partial charge < -0.3 is 15.8 Å². The van der Waals surface area contributed by atoms with Gasteiger partial charge in [-0.1, -0.05) is 5.16 Å². The van der Waals surface area contributed by atoms with Crippen molar-refractivity contribution in [2.24, 2.45) is 10.9 Å². The number of amidine groups is 1. The van der Waals surface area contributed by atoms with Crippen LogP contribution in [0, 0.1) is 6.92 Å². The van der Waals surface area contributed by atoms with Gasteiger partial charge >= 0.3 is 0 Å². The van der Waals surface area contributed by atoms with Gasteiger partial charge in [-0.05, 0) is 49.9 Å². The minimum absolute atomic E-state index is 0.174. The molecule has 0 amide bonds. The number of hydrogen-bond donors (Lipinski definition) is 2. The molecule has 0 aliphatic carbocycles. The molecule has 0 unspecified atom stereocenters. The quantitative estimate of drug-likeness (QED) is 0.356. The molecule has 1 heterocycles. The first-order valence-electron chi connectivity index (χ1n) is 6.06. The average Bonchev–Trinajstić information content (AvgIpc) is 2.39. The SMILES string of the molecule is Cc1cc(N2CCCCC2)ccc1/C(N)=N/O. The van der Waals surface area contributed by atoms with Gasteiger partial charge in [-0.2, -0.15) is 0 Å². The second kappa shape index (κ2) is 5.08. The summed E-state index contributed by atoms with van der Waals surface area (Å²) in [5.74, 6) is 0.174. The van der Waals surface area contributed by atoms with Gasteiger partial charge in [-0.25, -0.2) is 0 Å². The lowest BCUT2D eigenvalue weighted by molar-refractivity contribution is 0.318. The Kier molecular flexibility index (Phi) is 3.52. The first-order valence-corrected chi connectivity index (χ1v) is 6.06. The summed E-state index contributed by atoms with van der Waals surface area (Å²) in [6.45, 7) is 4.24. The van der Waals surface area contributed by atoms with Crippen molar-refractivity contribution in [2.45, 2.75) is 26.2 Å². The van der Waals surface area contributed by atoms with E-state index in [1.165, 1.54) is 24.9 Å². The number of hydrogen-bond acceptors (Lipinski definition) is 3. The van der Waals surface area contributed by atoms with Gasteiger partial charge in [0, 0.05) is 24.3 Å². The first-order chi connectivity index (χ1) is 8.22. The van der Waals surface area contributed by atoms with E-state index in [1.54, 1.807) is 0 Å². The number of oxime groups is 1. The third kappa shape index (κ3) is 2.52. The van der Waals surface area contributed by atoms with Crippen LogP contribution < -0.4 is 10.6 Å². The van der Waals surface area contributed by atoms with Crippen LogP contribution in [0.5, 0.6) is 0 Å². The van der Waals surface area contributed by atoms with E-state index in [0.717, 1.165) is 24.2 Å². The third-order valence-electron chi connectivity index (χ3n) is 3.31. The van der Waals surface area contributed by atoms with E-state index in [2.05, 4.69) is 16.1 Å². The zero-order valence-corrected chi connectivity index (χ0v) is 10.2. The Balaban J connectivity index is 2.23. The number of piperidine rings is 1. The number of nitrogens with two attached hydrogens (primary N) is 1. The largest absolute Gasteiger partial charge is 0.409 e. The minimum atomic E-state index is 0.174. The monoisotopic (exact) mass is 233 g/mol. The van der Waals surface area contributed by atoms with Crippen molar-refractivity contribution in [3.63, 3.8) is 0 Å². The zero-order valence-electron chi connectivity index (χ0n) is 10.2. The Morgan fingerprint density at radius 3 is 2.59 bits per heavy atom. The number of anilines is 1. The maximum atomic E-state index is 8.68. The van der Waals surface area contributed by atoms with Crippen molar-refractivity contribution in [1.82, 2.24) is 0 Å². The fraction of sp³-hybridized carbons (Fsp3) is 0.462. The van der Waals surface area contributed by atoms with Crippen LogP contribution in [0.2, 0.25) is 0 Å². The van der Waals surface area contributed by atoms with Crippen LogP contribution in [0.1, 0.15) is 30.4 Å². The Morgan fingerprint density at radius 2 is 2.00 bits per heavy atom. The van der Waals surface area contributed by atoms with Gasteiger partial charge in [0.15, 0.2) is 5.84 Å². The molecule has 3 N–H and O–H groups in total. The van der Waals surface area contributed by atoms with E-state index < -0.39 is 0 Å². The molecule has 4 nitrogen and oxygen atoms in total. The molecule has 0 bridgehead atoms. The molecule has 0 radical (unpaired) electrons. The standard InChI is InChI=1S/C13H19N3O/c1-10-9-11(16-7-3-2-4-8-16)5-6-12(10)13(14)15-17/h5-6,9,17H,2-4,7-8H2,1H3,(H2,14,15). The van der Waals surface area contributed by atoms with E-state index in [4.69, 9.17) is 10.9 Å². The number of benzene rings is 1. The molecule has 1 fully saturated rings. The second-order valence-corrected chi connectivity index (χ2v) is 4.53. The van der Waals surface area contributed by atoms with Gasteiger partial charge in [0.05, 0.1) is 0 Å². The van der Waals surface area contributed by atoms with E-state index in [9.17, 15) is 0 Å². The van der Waals surface area contributed by atoms with Gasteiger partial charge in [-0.15, -0.1) is 0 Å².